The zero-order valence-electron chi connectivity index (χ0n) is 9.92. The van der Waals surface area contributed by atoms with Crippen molar-refractivity contribution in [2.24, 2.45) is 5.92 Å². The summed E-state index contributed by atoms with van der Waals surface area (Å²) < 4.78 is 0. The number of carbonyl (C=O) groups is 4. The Bertz CT molecular complexity index is 406. The lowest BCUT2D eigenvalue weighted by Gasteiger charge is -2.13. The van der Waals surface area contributed by atoms with Crippen LogP contribution in [0.15, 0.2) is 0 Å². The van der Waals surface area contributed by atoms with Gasteiger partial charge in [-0.05, 0) is 0 Å². The average Bonchev–Trinajstić information content (AvgIpc) is 3.01. The Balaban J connectivity index is 1.73. The molecule has 0 aromatic rings. The lowest BCUT2D eigenvalue weighted by molar-refractivity contribution is -0.196. The average molecular weight is 304 g/mol. The van der Waals surface area contributed by atoms with Crippen LogP contribution in [0.5, 0.6) is 0 Å². The fourth-order valence-corrected chi connectivity index (χ4v) is 4.33. The van der Waals surface area contributed by atoms with Crippen molar-refractivity contribution >= 4 is 45.3 Å². The van der Waals surface area contributed by atoms with Crippen LogP contribution in [-0.4, -0.2) is 46.8 Å². The Morgan fingerprint density at radius 3 is 2.37 bits per heavy atom. The third-order valence-corrected chi connectivity index (χ3v) is 5.16. The number of carbonyl (C=O) groups excluding carboxylic acids is 4. The molecule has 104 valence electrons. The molecule has 0 saturated carbocycles. The van der Waals surface area contributed by atoms with E-state index in [-0.39, 0.29) is 31.2 Å². The molecule has 2 aliphatic rings. The molecule has 2 fully saturated rings. The van der Waals surface area contributed by atoms with Gasteiger partial charge in [-0.3, -0.25) is 14.4 Å². The van der Waals surface area contributed by atoms with Crippen LogP contribution in [0.1, 0.15) is 12.8 Å². The molecule has 0 radical (unpaired) electrons. The number of hydrogen-bond donors (Lipinski definition) is 1. The van der Waals surface area contributed by atoms with E-state index in [0.29, 0.717) is 16.6 Å². The number of nitrogens with zero attached hydrogens (tertiary/aromatic N) is 1. The number of nitrogens with one attached hydrogen (secondary N) is 1. The van der Waals surface area contributed by atoms with E-state index in [4.69, 9.17) is 0 Å². The maximum absolute atomic E-state index is 11.6. The highest BCUT2D eigenvalue weighted by Gasteiger charge is 2.33. The molecule has 2 heterocycles. The molecule has 0 aromatic heterocycles. The second-order valence-electron chi connectivity index (χ2n) is 4.03. The van der Waals surface area contributed by atoms with Crippen molar-refractivity contribution in [3.8, 4) is 0 Å². The Morgan fingerprint density at radius 1 is 1.21 bits per heavy atom. The highest BCUT2D eigenvalue weighted by molar-refractivity contribution is 8.77. The van der Waals surface area contributed by atoms with E-state index in [9.17, 15) is 19.2 Å². The summed E-state index contributed by atoms with van der Waals surface area (Å²) in [5.41, 5.74) is 0. The van der Waals surface area contributed by atoms with Gasteiger partial charge in [0.15, 0.2) is 0 Å². The molecule has 7 nitrogen and oxygen atoms in total. The van der Waals surface area contributed by atoms with Crippen molar-refractivity contribution in [1.82, 2.24) is 10.4 Å². The molecule has 2 aliphatic heterocycles. The molecule has 0 spiro atoms. The van der Waals surface area contributed by atoms with Crippen molar-refractivity contribution in [2.45, 2.75) is 12.8 Å². The molecule has 0 atom stereocenters. The fraction of sp³-hybridized carbons (Fsp3) is 0.600. The first-order valence-corrected chi connectivity index (χ1v) is 8.15. The van der Waals surface area contributed by atoms with Gasteiger partial charge < -0.3 is 10.2 Å². The molecule has 0 bridgehead atoms. The van der Waals surface area contributed by atoms with Crippen LogP contribution in [0.25, 0.3) is 0 Å². The zero-order chi connectivity index (χ0) is 13.8. The van der Waals surface area contributed by atoms with Gasteiger partial charge in [0.1, 0.15) is 6.54 Å². The first-order valence-electron chi connectivity index (χ1n) is 5.66. The monoisotopic (exact) mass is 304 g/mol. The molecular weight excluding hydrogens is 292 g/mol. The first-order chi connectivity index (χ1) is 9.08. The van der Waals surface area contributed by atoms with Gasteiger partial charge in [0.2, 0.25) is 5.91 Å². The Hall–Kier alpha value is -1.22. The van der Waals surface area contributed by atoms with Crippen molar-refractivity contribution in [3.63, 3.8) is 0 Å². The maximum Gasteiger partial charge on any atom is 0.352 e. The third kappa shape index (κ3) is 3.63. The van der Waals surface area contributed by atoms with Crippen molar-refractivity contribution in [2.75, 3.05) is 18.1 Å². The number of rotatable bonds is 4. The van der Waals surface area contributed by atoms with Gasteiger partial charge in [0.05, 0.1) is 5.92 Å². The van der Waals surface area contributed by atoms with E-state index < -0.39 is 17.8 Å². The fourth-order valence-electron chi connectivity index (χ4n) is 1.56. The minimum Gasteiger partial charge on any atom is -0.345 e. The molecule has 0 aliphatic carbocycles. The van der Waals surface area contributed by atoms with Crippen LogP contribution >= 0.6 is 21.6 Å². The van der Waals surface area contributed by atoms with E-state index in [1.54, 1.807) is 21.6 Å². The van der Waals surface area contributed by atoms with E-state index in [0.717, 1.165) is 0 Å². The van der Waals surface area contributed by atoms with E-state index >= 15 is 0 Å². The molecule has 19 heavy (non-hydrogen) atoms. The van der Waals surface area contributed by atoms with Crippen LogP contribution in [-0.2, 0) is 24.0 Å². The summed E-state index contributed by atoms with van der Waals surface area (Å²) in [4.78, 5) is 50.1. The summed E-state index contributed by atoms with van der Waals surface area (Å²) in [7, 11) is 3.23. The summed E-state index contributed by atoms with van der Waals surface area (Å²) >= 11 is 0. The van der Waals surface area contributed by atoms with Gasteiger partial charge in [0, 0.05) is 24.3 Å². The number of imide groups is 1. The van der Waals surface area contributed by atoms with Gasteiger partial charge in [-0.25, -0.2) is 4.79 Å². The molecule has 2 rings (SSSR count). The van der Waals surface area contributed by atoms with Crippen molar-refractivity contribution < 1.29 is 24.0 Å². The van der Waals surface area contributed by atoms with Gasteiger partial charge in [0.25, 0.3) is 11.8 Å². The predicted molar refractivity (Wildman–Crippen MR) is 68.6 cm³/mol. The van der Waals surface area contributed by atoms with Crippen LogP contribution < -0.4 is 5.32 Å². The Kier molecular flexibility index (Phi) is 4.70. The lowest BCUT2D eigenvalue weighted by atomic mass is 10.2. The quantitative estimate of drug-likeness (QED) is 0.564. The molecule has 1 N–H and O–H groups in total. The van der Waals surface area contributed by atoms with E-state index in [1.165, 1.54) is 0 Å². The molecule has 9 heteroatoms. The second-order valence-corrected chi connectivity index (χ2v) is 6.58. The summed E-state index contributed by atoms with van der Waals surface area (Å²) in [6, 6.07) is 0. The van der Waals surface area contributed by atoms with Crippen molar-refractivity contribution in [1.29, 1.82) is 0 Å². The van der Waals surface area contributed by atoms with E-state index in [2.05, 4.69) is 10.2 Å². The highest BCUT2D eigenvalue weighted by Crippen LogP contribution is 2.34. The van der Waals surface area contributed by atoms with Gasteiger partial charge in [-0.1, -0.05) is 21.6 Å². The molecule has 2 saturated heterocycles. The lowest BCUT2D eigenvalue weighted by Crippen LogP contribution is -2.40. The molecule has 3 amide bonds. The maximum atomic E-state index is 11.6. The van der Waals surface area contributed by atoms with Gasteiger partial charge >= 0.3 is 5.97 Å². The summed E-state index contributed by atoms with van der Waals surface area (Å²) in [5, 5.41) is 2.91. The highest BCUT2D eigenvalue weighted by atomic mass is 33.1. The van der Waals surface area contributed by atoms with E-state index in [1.807, 2.05) is 0 Å². The minimum atomic E-state index is -0.824. The van der Waals surface area contributed by atoms with Crippen LogP contribution in [0.2, 0.25) is 0 Å². The number of amides is 3. The Morgan fingerprint density at radius 2 is 1.79 bits per heavy atom. The van der Waals surface area contributed by atoms with Gasteiger partial charge in [-0.2, -0.15) is 0 Å². The molecule has 0 aromatic carbocycles. The largest absolute Gasteiger partial charge is 0.352 e. The SMILES string of the molecule is O=C(CNC(=O)C1CSSC1)ON1C(=O)CCC1=O. The summed E-state index contributed by atoms with van der Waals surface area (Å²) in [6.45, 7) is -0.346. The van der Waals surface area contributed by atoms with Crippen LogP contribution in [0, 0.1) is 5.92 Å². The van der Waals surface area contributed by atoms with Crippen LogP contribution in [0.4, 0.5) is 0 Å². The zero-order valence-corrected chi connectivity index (χ0v) is 11.6. The number of hydroxylamine groups is 2. The molecule has 0 unspecified atom stereocenters. The molecular formula is C10H12N2O5S2. The summed E-state index contributed by atoms with van der Waals surface area (Å²) in [6.07, 6.45) is 0.101. The topological polar surface area (TPSA) is 92.8 Å². The first kappa shape index (κ1) is 14.2. The standard InChI is InChI=1S/C10H12N2O5S2/c13-7-1-2-8(14)12(7)17-9(15)3-11-10(16)6-4-18-19-5-6/h6H,1-5H2,(H,11,16). The Labute approximate surface area is 117 Å². The van der Waals surface area contributed by atoms with Crippen LogP contribution in [0.3, 0.4) is 0 Å². The van der Waals surface area contributed by atoms with Crippen molar-refractivity contribution in [3.05, 3.63) is 0 Å². The second kappa shape index (κ2) is 6.29. The van der Waals surface area contributed by atoms with Gasteiger partial charge in [-0.15, -0.1) is 5.06 Å². The number of hydrogen-bond acceptors (Lipinski definition) is 7. The normalized spacial score (nSPS) is 19.9. The minimum absolute atomic E-state index is 0.0506. The third-order valence-electron chi connectivity index (χ3n) is 2.60. The predicted octanol–water partition coefficient (Wildman–Crippen LogP) is -0.279. The summed E-state index contributed by atoms with van der Waals surface area (Å²) in [5.74, 6) is -0.785. The smallest absolute Gasteiger partial charge is 0.345 e.